The number of halogens is 4. The lowest BCUT2D eigenvalue weighted by molar-refractivity contribution is -0.187. The minimum absolute atomic E-state index is 0.0848. The summed E-state index contributed by atoms with van der Waals surface area (Å²) in [7, 11) is -0.910. The Hall–Kier alpha value is -1.74. The third kappa shape index (κ3) is 3.62. The molecular formula is C15H13ClF3NO4S. The second-order valence-electron chi connectivity index (χ2n) is 5.62. The van der Waals surface area contributed by atoms with E-state index in [1.165, 1.54) is 12.1 Å². The zero-order valence-electron chi connectivity index (χ0n) is 12.7. The smallest absolute Gasteiger partial charge is 0.430 e. The monoisotopic (exact) mass is 395 g/mol. The molecule has 0 radical (unpaired) electrons. The largest absolute Gasteiger partial charge is 0.478 e. The number of nitrogens with zero attached hydrogens (tertiary/aromatic N) is 1. The van der Waals surface area contributed by atoms with Crippen LogP contribution in [0.1, 0.15) is 5.56 Å². The highest BCUT2D eigenvalue weighted by molar-refractivity contribution is 7.85. The van der Waals surface area contributed by atoms with Gasteiger partial charge < -0.3 is 14.7 Å². The van der Waals surface area contributed by atoms with Crippen LogP contribution in [0.15, 0.2) is 17.7 Å². The zero-order valence-corrected chi connectivity index (χ0v) is 14.2. The van der Waals surface area contributed by atoms with Gasteiger partial charge in [0.1, 0.15) is 5.75 Å². The molecule has 0 saturated carbocycles. The number of aliphatic carboxylic acids is 1. The number of fused-ring (bicyclic) bond motifs is 1. The quantitative estimate of drug-likeness (QED) is 0.834. The molecule has 1 fully saturated rings. The number of ether oxygens (including phenoxy) is 1. The van der Waals surface area contributed by atoms with E-state index in [4.69, 9.17) is 21.4 Å². The summed E-state index contributed by atoms with van der Waals surface area (Å²) < 4.78 is 55.8. The van der Waals surface area contributed by atoms with Crippen LogP contribution in [0.4, 0.5) is 18.9 Å². The molecule has 1 saturated heterocycles. The zero-order chi connectivity index (χ0) is 18.4. The van der Waals surface area contributed by atoms with Gasteiger partial charge in [-0.3, -0.25) is 4.21 Å². The predicted molar refractivity (Wildman–Crippen MR) is 87.6 cm³/mol. The van der Waals surface area contributed by atoms with E-state index in [2.05, 4.69) is 0 Å². The highest BCUT2D eigenvalue weighted by Crippen LogP contribution is 2.41. The SMILES string of the molecule is O=C(O)C1=Cc2cc(Cl)c(N3CCS(=O)CC3)cc2OC1C(F)(F)F. The molecule has 25 heavy (non-hydrogen) atoms. The van der Waals surface area contributed by atoms with Crippen LogP contribution < -0.4 is 9.64 Å². The maximum Gasteiger partial charge on any atom is 0.430 e. The van der Waals surface area contributed by atoms with Crippen LogP contribution in [-0.4, -0.2) is 52.2 Å². The number of benzene rings is 1. The molecule has 2 heterocycles. The van der Waals surface area contributed by atoms with Crippen LogP contribution >= 0.6 is 11.6 Å². The Kier molecular flexibility index (Phi) is 4.72. The van der Waals surface area contributed by atoms with Gasteiger partial charge >= 0.3 is 12.1 Å². The van der Waals surface area contributed by atoms with Crippen LogP contribution in [0.2, 0.25) is 5.02 Å². The van der Waals surface area contributed by atoms with E-state index in [1.807, 2.05) is 4.90 Å². The fourth-order valence-electron chi connectivity index (χ4n) is 2.74. The van der Waals surface area contributed by atoms with Crippen molar-refractivity contribution in [2.45, 2.75) is 12.3 Å². The Morgan fingerprint density at radius 1 is 1.32 bits per heavy atom. The summed E-state index contributed by atoms with van der Waals surface area (Å²) in [6.45, 7) is 0.925. The summed E-state index contributed by atoms with van der Waals surface area (Å²) >= 11 is 6.21. The second kappa shape index (κ2) is 6.53. The third-order valence-corrected chi connectivity index (χ3v) is 5.56. The van der Waals surface area contributed by atoms with Crippen molar-refractivity contribution in [3.63, 3.8) is 0 Å². The van der Waals surface area contributed by atoms with Gasteiger partial charge in [0, 0.05) is 47.0 Å². The number of carboxylic acids is 1. The van der Waals surface area contributed by atoms with E-state index >= 15 is 0 Å². The van der Waals surface area contributed by atoms with Gasteiger partial charge in [-0.15, -0.1) is 0 Å². The molecule has 0 aromatic heterocycles. The molecule has 2 aliphatic rings. The summed E-state index contributed by atoms with van der Waals surface area (Å²) in [4.78, 5) is 13.0. The summed E-state index contributed by atoms with van der Waals surface area (Å²) in [6, 6.07) is 2.76. The summed E-state index contributed by atoms with van der Waals surface area (Å²) in [5.74, 6) is -0.893. The first-order valence-corrected chi connectivity index (χ1v) is 9.15. The molecule has 1 aromatic rings. The van der Waals surface area contributed by atoms with Crippen molar-refractivity contribution in [2.75, 3.05) is 29.5 Å². The highest BCUT2D eigenvalue weighted by atomic mass is 35.5. The van der Waals surface area contributed by atoms with Gasteiger partial charge in [0.2, 0.25) is 6.10 Å². The lowest BCUT2D eigenvalue weighted by Crippen LogP contribution is -2.40. The number of hydrogen-bond donors (Lipinski definition) is 1. The van der Waals surface area contributed by atoms with Gasteiger partial charge in [0.15, 0.2) is 0 Å². The molecule has 2 aliphatic heterocycles. The highest BCUT2D eigenvalue weighted by Gasteiger charge is 2.48. The van der Waals surface area contributed by atoms with Gasteiger partial charge in [-0.25, -0.2) is 4.79 Å². The molecular weight excluding hydrogens is 383 g/mol. The van der Waals surface area contributed by atoms with Crippen molar-refractivity contribution in [3.05, 3.63) is 28.3 Å². The van der Waals surface area contributed by atoms with Crippen LogP contribution in [0.5, 0.6) is 5.75 Å². The van der Waals surface area contributed by atoms with Crippen LogP contribution in [0.3, 0.4) is 0 Å². The summed E-state index contributed by atoms with van der Waals surface area (Å²) in [6.07, 6.45) is -6.47. The molecule has 1 atom stereocenters. The average molecular weight is 396 g/mol. The molecule has 1 N–H and O–H groups in total. The number of hydrogen-bond acceptors (Lipinski definition) is 4. The number of carbonyl (C=O) groups is 1. The normalized spacial score (nSPS) is 21.4. The van der Waals surface area contributed by atoms with Crippen LogP contribution in [0.25, 0.3) is 6.08 Å². The second-order valence-corrected chi connectivity index (χ2v) is 7.72. The molecule has 5 nitrogen and oxygen atoms in total. The molecule has 0 amide bonds. The Morgan fingerprint density at radius 2 is 1.96 bits per heavy atom. The first-order chi connectivity index (χ1) is 11.7. The first-order valence-electron chi connectivity index (χ1n) is 7.28. The fourth-order valence-corrected chi connectivity index (χ4v) is 4.09. The van der Waals surface area contributed by atoms with E-state index in [1.54, 1.807) is 0 Å². The molecule has 1 aromatic carbocycles. The number of anilines is 1. The van der Waals surface area contributed by atoms with Gasteiger partial charge in [0.05, 0.1) is 16.3 Å². The van der Waals surface area contributed by atoms with E-state index in [0.29, 0.717) is 30.3 Å². The standard InChI is InChI=1S/C15H13ClF3NO4S/c16-10-6-8-5-9(14(21)22)13(15(17,18)19)24-12(8)7-11(10)20-1-3-25(23)4-2-20/h5-7,13H,1-4H2,(H,21,22). The van der Waals surface area contributed by atoms with Crippen molar-refractivity contribution in [1.82, 2.24) is 0 Å². The van der Waals surface area contributed by atoms with E-state index in [-0.39, 0.29) is 16.3 Å². The molecule has 3 rings (SSSR count). The molecule has 136 valence electrons. The maximum absolute atomic E-state index is 13.1. The van der Waals surface area contributed by atoms with Crippen LogP contribution in [-0.2, 0) is 15.6 Å². The molecule has 10 heteroatoms. The molecule has 1 unspecified atom stereocenters. The lowest BCUT2D eigenvalue weighted by atomic mass is 10.0. The van der Waals surface area contributed by atoms with E-state index in [9.17, 15) is 22.2 Å². The predicted octanol–water partition coefficient (Wildman–Crippen LogP) is 2.70. The van der Waals surface area contributed by atoms with Gasteiger partial charge in [0.25, 0.3) is 0 Å². The van der Waals surface area contributed by atoms with Crippen molar-refractivity contribution in [1.29, 1.82) is 0 Å². The van der Waals surface area contributed by atoms with Crippen molar-refractivity contribution >= 4 is 40.1 Å². The Balaban J connectivity index is 2.00. The fraction of sp³-hybridized carbons (Fsp3) is 0.400. The van der Waals surface area contributed by atoms with Crippen LogP contribution in [0, 0.1) is 0 Å². The van der Waals surface area contributed by atoms with Gasteiger partial charge in [-0.05, 0) is 12.1 Å². The van der Waals surface area contributed by atoms with Crippen molar-refractivity contribution in [3.8, 4) is 5.75 Å². The van der Waals surface area contributed by atoms with E-state index < -0.39 is 34.6 Å². The van der Waals surface area contributed by atoms with Gasteiger partial charge in [-0.2, -0.15) is 13.2 Å². The van der Waals surface area contributed by atoms with Gasteiger partial charge in [-0.1, -0.05) is 11.6 Å². The molecule has 0 spiro atoms. The molecule has 0 aliphatic carbocycles. The average Bonchev–Trinajstić information content (AvgIpc) is 2.53. The number of rotatable bonds is 2. The van der Waals surface area contributed by atoms with Crippen molar-refractivity contribution < 1.29 is 32.0 Å². The third-order valence-electron chi connectivity index (χ3n) is 3.98. The Bertz CT molecular complexity index is 771. The number of carboxylic acid groups (broad SMARTS) is 1. The topological polar surface area (TPSA) is 66.8 Å². The minimum atomic E-state index is -4.86. The summed E-state index contributed by atoms with van der Waals surface area (Å²) in [5, 5.41) is 9.30. The minimum Gasteiger partial charge on any atom is -0.478 e. The maximum atomic E-state index is 13.1. The lowest BCUT2D eigenvalue weighted by Gasteiger charge is -2.32. The molecule has 0 bridgehead atoms. The Labute approximate surface area is 148 Å². The first kappa shape index (κ1) is 18.1. The Morgan fingerprint density at radius 3 is 2.52 bits per heavy atom. The number of alkyl halides is 3. The summed E-state index contributed by atoms with van der Waals surface area (Å²) in [5.41, 5.74) is -0.241. The van der Waals surface area contributed by atoms with E-state index in [0.717, 1.165) is 6.08 Å². The van der Waals surface area contributed by atoms with Crippen molar-refractivity contribution in [2.24, 2.45) is 0 Å².